The lowest BCUT2D eigenvalue weighted by Gasteiger charge is -2.02. The van der Waals surface area contributed by atoms with Crippen LogP contribution >= 0.6 is 0 Å². The third kappa shape index (κ3) is 3.18. The number of hydrogen-bond donors (Lipinski definition) is 0. The first kappa shape index (κ1) is 11.4. The van der Waals surface area contributed by atoms with Crippen molar-refractivity contribution in [2.75, 3.05) is 0 Å². The molecule has 2 aromatic rings. The highest BCUT2D eigenvalue weighted by Crippen LogP contribution is 2.19. The van der Waals surface area contributed by atoms with Gasteiger partial charge in [0, 0.05) is 0 Å². The highest BCUT2D eigenvalue weighted by atomic mass is 14.0. The summed E-state index contributed by atoms with van der Waals surface area (Å²) in [6.07, 6.45) is 6.42. The van der Waals surface area contributed by atoms with Gasteiger partial charge in [0.15, 0.2) is 0 Å². The molecule has 0 spiro atoms. The average molecular weight is 220 g/mol. The van der Waals surface area contributed by atoms with E-state index in [9.17, 15) is 0 Å². The van der Waals surface area contributed by atoms with E-state index in [4.69, 9.17) is 0 Å². The predicted octanol–water partition coefficient (Wildman–Crippen LogP) is 4.80. The molecule has 17 heavy (non-hydrogen) atoms. The summed E-state index contributed by atoms with van der Waals surface area (Å²) >= 11 is 0. The van der Waals surface area contributed by atoms with Gasteiger partial charge in [-0.15, -0.1) is 0 Å². The summed E-state index contributed by atoms with van der Waals surface area (Å²) in [5.41, 5.74) is 3.71. The smallest absolute Gasteiger partial charge is 0.0181 e. The van der Waals surface area contributed by atoms with Crippen molar-refractivity contribution in [3.8, 4) is 0 Å². The SMILES string of the molecule is C/C=C/C(=C/c1ccccc1)c1ccccc1. The Labute approximate surface area is 103 Å². The third-order valence-electron chi connectivity index (χ3n) is 2.58. The van der Waals surface area contributed by atoms with Gasteiger partial charge < -0.3 is 0 Å². The lowest BCUT2D eigenvalue weighted by atomic mass is 10.0. The van der Waals surface area contributed by atoms with Gasteiger partial charge in [-0.3, -0.25) is 0 Å². The van der Waals surface area contributed by atoms with Crippen LogP contribution in [-0.2, 0) is 0 Å². The Bertz CT molecular complexity index is 504. The van der Waals surface area contributed by atoms with Crippen molar-refractivity contribution in [2.45, 2.75) is 6.92 Å². The summed E-state index contributed by atoms with van der Waals surface area (Å²) in [6, 6.07) is 20.8. The van der Waals surface area contributed by atoms with E-state index < -0.39 is 0 Å². The molecule has 0 amide bonds. The van der Waals surface area contributed by atoms with Gasteiger partial charge in [-0.2, -0.15) is 0 Å². The minimum atomic E-state index is 1.23. The molecule has 0 saturated carbocycles. The zero-order valence-electron chi connectivity index (χ0n) is 10.0. The second kappa shape index (κ2) is 5.86. The zero-order chi connectivity index (χ0) is 11.9. The summed E-state index contributed by atoms with van der Waals surface area (Å²) in [4.78, 5) is 0. The van der Waals surface area contributed by atoms with E-state index in [1.54, 1.807) is 0 Å². The molecule has 0 aliphatic rings. The first-order chi connectivity index (χ1) is 8.40. The van der Waals surface area contributed by atoms with Gasteiger partial charge in [-0.25, -0.2) is 0 Å². The van der Waals surface area contributed by atoms with Crippen LogP contribution in [0.1, 0.15) is 18.1 Å². The van der Waals surface area contributed by atoms with Crippen LogP contribution in [0.15, 0.2) is 72.8 Å². The van der Waals surface area contributed by atoms with E-state index in [1.807, 2.05) is 19.1 Å². The number of hydrogen-bond acceptors (Lipinski definition) is 0. The molecule has 0 heteroatoms. The van der Waals surface area contributed by atoms with E-state index in [0.717, 1.165) is 0 Å². The molecule has 0 aromatic heterocycles. The van der Waals surface area contributed by atoms with Crippen LogP contribution in [0.5, 0.6) is 0 Å². The van der Waals surface area contributed by atoms with Gasteiger partial charge in [0.25, 0.3) is 0 Å². The van der Waals surface area contributed by atoms with Crippen LogP contribution in [0.4, 0.5) is 0 Å². The molecule has 0 aliphatic heterocycles. The van der Waals surface area contributed by atoms with E-state index in [1.165, 1.54) is 16.7 Å². The minimum absolute atomic E-state index is 1.23. The molecule has 2 aromatic carbocycles. The lowest BCUT2D eigenvalue weighted by molar-refractivity contribution is 1.60. The third-order valence-corrected chi connectivity index (χ3v) is 2.58. The van der Waals surface area contributed by atoms with Crippen LogP contribution in [0.3, 0.4) is 0 Å². The van der Waals surface area contributed by atoms with Crippen LogP contribution in [-0.4, -0.2) is 0 Å². The number of benzene rings is 2. The van der Waals surface area contributed by atoms with E-state index in [0.29, 0.717) is 0 Å². The highest BCUT2D eigenvalue weighted by molar-refractivity contribution is 5.87. The molecule has 0 atom stereocenters. The summed E-state index contributed by atoms with van der Waals surface area (Å²) in [5, 5.41) is 0. The van der Waals surface area contributed by atoms with E-state index in [-0.39, 0.29) is 0 Å². The van der Waals surface area contributed by atoms with Crippen molar-refractivity contribution >= 4 is 11.6 Å². The molecule has 0 saturated heterocycles. The molecule has 0 heterocycles. The Morgan fingerprint density at radius 3 is 2.00 bits per heavy atom. The molecule has 84 valence electrons. The lowest BCUT2D eigenvalue weighted by Crippen LogP contribution is -1.80. The normalized spacial score (nSPS) is 11.9. The molecule has 0 radical (unpaired) electrons. The van der Waals surface area contributed by atoms with Crippen molar-refractivity contribution in [3.05, 3.63) is 83.9 Å². The molecular formula is C17H16. The van der Waals surface area contributed by atoms with Crippen molar-refractivity contribution in [2.24, 2.45) is 0 Å². The quantitative estimate of drug-likeness (QED) is 0.514. The summed E-state index contributed by atoms with van der Waals surface area (Å²) in [6.45, 7) is 2.04. The number of rotatable bonds is 3. The van der Waals surface area contributed by atoms with Gasteiger partial charge in [-0.1, -0.05) is 72.8 Å². The molecule has 2 rings (SSSR count). The fraction of sp³-hybridized carbons (Fsp3) is 0.0588. The Morgan fingerprint density at radius 1 is 0.824 bits per heavy atom. The zero-order valence-corrected chi connectivity index (χ0v) is 10.0. The van der Waals surface area contributed by atoms with Crippen molar-refractivity contribution < 1.29 is 0 Å². The largest absolute Gasteiger partial charge is 0.0870 e. The topological polar surface area (TPSA) is 0 Å². The fourth-order valence-electron chi connectivity index (χ4n) is 1.77. The van der Waals surface area contributed by atoms with Crippen LogP contribution < -0.4 is 0 Å². The molecular weight excluding hydrogens is 204 g/mol. The molecule has 0 fully saturated rings. The van der Waals surface area contributed by atoms with Gasteiger partial charge in [0.1, 0.15) is 0 Å². The first-order valence-electron chi connectivity index (χ1n) is 5.85. The second-order valence-electron chi connectivity index (χ2n) is 3.88. The van der Waals surface area contributed by atoms with Crippen molar-refractivity contribution in [3.63, 3.8) is 0 Å². The average Bonchev–Trinajstić information content (AvgIpc) is 2.40. The van der Waals surface area contributed by atoms with Crippen LogP contribution in [0.25, 0.3) is 11.6 Å². The maximum atomic E-state index is 2.20. The molecule has 0 nitrogen and oxygen atoms in total. The summed E-state index contributed by atoms with van der Waals surface area (Å²) < 4.78 is 0. The Hall–Kier alpha value is -2.08. The first-order valence-corrected chi connectivity index (χ1v) is 5.85. The summed E-state index contributed by atoms with van der Waals surface area (Å²) in [7, 11) is 0. The molecule has 0 N–H and O–H groups in total. The highest BCUT2D eigenvalue weighted by Gasteiger charge is 1.96. The molecule has 0 bridgehead atoms. The molecule has 0 unspecified atom stereocenters. The number of allylic oxidation sites excluding steroid dienone is 3. The van der Waals surface area contributed by atoms with Gasteiger partial charge in [0.2, 0.25) is 0 Å². The van der Waals surface area contributed by atoms with E-state index >= 15 is 0 Å². The van der Waals surface area contributed by atoms with Crippen LogP contribution in [0.2, 0.25) is 0 Å². The van der Waals surface area contributed by atoms with E-state index in [2.05, 4.69) is 66.8 Å². The molecule has 0 aliphatic carbocycles. The van der Waals surface area contributed by atoms with Gasteiger partial charge in [0.05, 0.1) is 0 Å². The second-order valence-corrected chi connectivity index (χ2v) is 3.88. The van der Waals surface area contributed by atoms with Gasteiger partial charge >= 0.3 is 0 Å². The minimum Gasteiger partial charge on any atom is -0.0870 e. The Morgan fingerprint density at radius 2 is 1.41 bits per heavy atom. The Kier molecular flexibility index (Phi) is 3.93. The maximum absolute atomic E-state index is 2.20. The maximum Gasteiger partial charge on any atom is -0.0181 e. The standard InChI is InChI=1S/C17H16/c1-2-9-17(16-12-7-4-8-13-16)14-15-10-5-3-6-11-15/h2-14H,1H3/b9-2+,17-14-. The monoisotopic (exact) mass is 220 g/mol. The van der Waals surface area contributed by atoms with Crippen molar-refractivity contribution in [1.82, 2.24) is 0 Å². The summed E-state index contributed by atoms with van der Waals surface area (Å²) in [5.74, 6) is 0. The fourth-order valence-corrected chi connectivity index (χ4v) is 1.77. The van der Waals surface area contributed by atoms with Gasteiger partial charge in [-0.05, 0) is 29.7 Å². The predicted molar refractivity (Wildman–Crippen MR) is 75.6 cm³/mol. The van der Waals surface area contributed by atoms with Crippen LogP contribution in [0, 0.1) is 0 Å². The Balaban J connectivity index is 2.40. The van der Waals surface area contributed by atoms with Crippen molar-refractivity contribution in [1.29, 1.82) is 0 Å².